The van der Waals surface area contributed by atoms with Gasteiger partial charge in [0.15, 0.2) is 6.61 Å². The van der Waals surface area contributed by atoms with Gasteiger partial charge in [-0.05, 0) is 23.6 Å². The van der Waals surface area contributed by atoms with Crippen LogP contribution < -0.4 is 5.32 Å². The number of phenols is 1. The molecule has 0 fully saturated rings. The second-order valence-electron chi connectivity index (χ2n) is 5.29. The number of carbonyl (C=O) groups excluding carboxylic acids is 2. The Morgan fingerprint density at radius 1 is 1.00 bits per heavy atom. The highest BCUT2D eigenvalue weighted by molar-refractivity contribution is 6.02. The molecule has 0 saturated carbocycles. The first-order chi connectivity index (χ1) is 12.1. The molecule has 0 bridgehead atoms. The van der Waals surface area contributed by atoms with Crippen LogP contribution in [0.4, 0.5) is 10.1 Å². The Hall–Kier alpha value is -3.41. The van der Waals surface area contributed by atoms with Crippen molar-refractivity contribution in [2.75, 3.05) is 11.9 Å². The average molecular weight is 339 g/mol. The zero-order valence-corrected chi connectivity index (χ0v) is 13.0. The maximum atomic E-state index is 13.5. The minimum atomic E-state index is -0.841. The van der Waals surface area contributed by atoms with E-state index in [1.54, 1.807) is 30.3 Å². The van der Waals surface area contributed by atoms with Gasteiger partial charge in [-0.1, -0.05) is 42.5 Å². The third-order valence-electron chi connectivity index (χ3n) is 3.60. The number of aromatic hydroxyl groups is 1. The first kappa shape index (κ1) is 16.4. The average Bonchev–Trinajstić information content (AvgIpc) is 2.62. The number of para-hydroxylation sites is 1. The summed E-state index contributed by atoms with van der Waals surface area (Å²) in [5.41, 5.74) is -0.0468. The molecule has 126 valence electrons. The highest BCUT2D eigenvalue weighted by Crippen LogP contribution is 2.28. The molecule has 0 spiro atoms. The summed E-state index contributed by atoms with van der Waals surface area (Å²) in [5.74, 6) is -2.32. The van der Waals surface area contributed by atoms with Gasteiger partial charge in [0.05, 0.1) is 5.69 Å². The Balaban J connectivity index is 1.68. The molecule has 0 heterocycles. The van der Waals surface area contributed by atoms with Crippen LogP contribution in [0.15, 0.2) is 60.7 Å². The van der Waals surface area contributed by atoms with E-state index in [9.17, 15) is 19.1 Å². The van der Waals surface area contributed by atoms with Gasteiger partial charge in [-0.3, -0.25) is 4.79 Å². The van der Waals surface area contributed by atoms with Crippen molar-refractivity contribution in [3.8, 4) is 5.75 Å². The fourth-order valence-electron chi connectivity index (χ4n) is 2.38. The molecule has 0 saturated heterocycles. The van der Waals surface area contributed by atoms with Crippen molar-refractivity contribution in [1.29, 1.82) is 0 Å². The fourth-order valence-corrected chi connectivity index (χ4v) is 2.38. The number of carbonyl (C=O) groups is 2. The van der Waals surface area contributed by atoms with Crippen molar-refractivity contribution in [3.63, 3.8) is 0 Å². The van der Waals surface area contributed by atoms with Crippen LogP contribution in [0.3, 0.4) is 0 Å². The van der Waals surface area contributed by atoms with Crippen LogP contribution >= 0.6 is 0 Å². The SMILES string of the molecule is O=C(COC(=O)c1ccc2ccccc2c1O)Nc1ccccc1F. The molecule has 1 amide bonds. The van der Waals surface area contributed by atoms with Crippen molar-refractivity contribution in [1.82, 2.24) is 0 Å². The number of halogens is 1. The number of hydrogen-bond donors (Lipinski definition) is 2. The third-order valence-corrected chi connectivity index (χ3v) is 3.60. The molecule has 3 aromatic carbocycles. The predicted molar refractivity (Wildman–Crippen MR) is 90.9 cm³/mol. The maximum Gasteiger partial charge on any atom is 0.342 e. The van der Waals surface area contributed by atoms with Crippen LogP contribution in [0.1, 0.15) is 10.4 Å². The Labute approximate surface area is 142 Å². The monoisotopic (exact) mass is 339 g/mol. The van der Waals surface area contributed by atoms with Gasteiger partial charge in [-0.15, -0.1) is 0 Å². The topological polar surface area (TPSA) is 75.6 Å². The fraction of sp³-hybridized carbons (Fsp3) is 0.0526. The Morgan fingerprint density at radius 2 is 1.72 bits per heavy atom. The summed E-state index contributed by atoms with van der Waals surface area (Å²) >= 11 is 0. The molecule has 0 unspecified atom stereocenters. The smallest absolute Gasteiger partial charge is 0.342 e. The summed E-state index contributed by atoms with van der Waals surface area (Å²) in [6.07, 6.45) is 0. The standard InChI is InChI=1S/C19H14FNO4/c20-15-7-3-4-8-16(15)21-17(22)11-25-19(24)14-10-9-12-5-1-2-6-13(12)18(14)23/h1-10,23H,11H2,(H,21,22). The summed E-state index contributed by atoms with van der Waals surface area (Å²) in [6, 6.07) is 15.8. The molecular weight excluding hydrogens is 325 g/mol. The third kappa shape index (κ3) is 3.58. The van der Waals surface area contributed by atoms with E-state index in [-0.39, 0.29) is 17.0 Å². The number of ether oxygens (including phenoxy) is 1. The number of phenolic OH excluding ortho intramolecular Hbond substituents is 1. The van der Waals surface area contributed by atoms with Gasteiger partial charge in [0.2, 0.25) is 0 Å². The van der Waals surface area contributed by atoms with E-state index >= 15 is 0 Å². The highest BCUT2D eigenvalue weighted by atomic mass is 19.1. The number of rotatable bonds is 4. The molecule has 0 radical (unpaired) electrons. The van der Waals surface area contributed by atoms with Crippen molar-refractivity contribution in [3.05, 3.63) is 72.0 Å². The Bertz CT molecular complexity index is 955. The number of esters is 1. The van der Waals surface area contributed by atoms with Crippen molar-refractivity contribution in [2.24, 2.45) is 0 Å². The number of hydrogen-bond acceptors (Lipinski definition) is 4. The van der Waals surface area contributed by atoms with Gasteiger partial charge in [0.1, 0.15) is 17.1 Å². The van der Waals surface area contributed by atoms with Crippen LogP contribution in [0, 0.1) is 5.82 Å². The quantitative estimate of drug-likeness (QED) is 0.714. The van der Waals surface area contributed by atoms with Gasteiger partial charge in [-0.2, -0.15) is 0 Å². The number of amides is 1. The van der Waals surface area contributed by atoms with E-state index in [0.717, 1.165) is 5.39 Å². The number of benzene rings is 3. The Kier molecular flexibility index (Phi) is 4.61. The van der Waals surface area contributed by atoms with Crippen LogP contribution in [0.25, 0.3) is 10.8 Å². The van der Waals surface area contributed by atoms with Gasteiger partial charge in [0.25, 0.3) is 5.91 Å². The minimum absolute atomic E-state index is 0.00268. The van der Waals surface area contributed by atoms with Gasteiger partial charge < -0.3 is 15.2 Å². The molecule has 3 rings (SSSR count). The first-order valence-corrected chi connectivity index (χ1v) is 7.48. The van der Waals surface area contributed by atoms with E-state index in [0.29, 0.717) is 5.39 Å². The number of anilines is 1. The van der Waals surface area contributed by atoms with E-state index in [1.807, 2.05) is 6.07 Å². The van der Waals surface area contributed by atoms with E-state index in [2.05, 4.69) is 5.32 Å². The maximum absolute atomic E-state index is 13.5. The lowest BCUT2D eigenvalue weighted by atomic mass is 10.1. The van der Waals surface area contributed by atoms with Crippen LogP contribution in [-0.4, -0.2) is 23.6 Å². The zero-order valence-electron chi connectivity index (χ0n) is 13.0. The first-order valence-electron chi connectivity index (χ1n) is 7.48. The molecule has 0 aliphatic heterocycles. The van der Waals surface area contributed by atoms with Crippen molar-refractivity contribution >= 4 is 28.3 Å². The van der Waals surface area contributed by atoms with Gasteiger partial charge >= 0.3 is 5.97 Å². The lowest BCUT2D eigenvalue weighted by Crippen LogP contribution is -2.21. The number of nitrogens with one attached hydrogen (secondary N) is 1. The van der Waals surface area contributed by atoms with Crippen LogP contribution in [0.5, 0.6) is 5.75 Å². The number of fused-ring (bicyclic) bond motifs is 1. The summed E-state index contributed by atoms with van der Waals surface area (Å²) in [7, 11) is 0. The van der Waals surface area contributed by atoms with Crippen molar-refractivity contribution in [2.45, 2.75) is 0 Å². The minimum Gasteiger partial charge on any atom is -0.506 e. The highest BCUT2D eigenvalue weighted by Gasteiger charge is 2.17. The van der Waals surface area contributed by atoms with Crippen molar-refractivity contribution < 1.29 is 23.8 Å². The second kappa shape index (κ2) is 7.00. The summed E-state index contributed by atoms with van der Waals surface area (Å²) < 4.78 is 18.4. The van der Waals surface area contributed by atoms with Gasteiger partial charge in [-0.25, -0.2) is 9.18 Å². The predicted octanol–water partition coefficient (Wildman–Crippen LogP) is 3.48. The molecule has 6 heteroatoms. The summed E-state index contributed by atoms with van der Waals surface area (Å²) in [5, 5.41) is 13.8. The molecule has 5 nitrogen and oxygen atoms in total. The molecule has 2 N–H and O–H groups in total. The molecule has 0 aliphatic rings. The molecule has 0 atom stereocenters. The summed E-state index contributed by atoms with van der Waals surface area (Å²) in [6.45, 7) is -0.598. The van der Waals surface area contributed by atoms with E-state index < -0.39 is 24.3 Å². The molecule has 0 aromatic heterocycles. The van der Waals surface area contributed by atoms with E-state index in [1.165, 1.54) is 24.3 Å². The molecular formula is C19H14FNO4. The molecule has 0 aliphatic carbocycles. The summed E-state index contributed by atoms with van der Waals surface area (Å²) in [4.78, 5) is 23.9. The van der Waals surface area contributed by atoms with Crippen LogP contribution in [-0.2, 0) is 9.53 Å². The Morgan fingerprint density at radius 3 is 2.52 bits per heavy atom. The molecule has 25 heavy (non-hydrogen) atoms. The lowest BCUT2D eigenvalue weighted by Gasteiger charge is -2.09. The molecule has 3 aromatic rings. The second-order valence-corrected chi connectivity index (χ2v) is 5.29. The normalized spacial score (nSPS) is 10.4. The van der Waals surface area contributed by atoms with E-state index in [4.69, 9.17) is 4.74 Å². The zero-order chi connectivity index (χ0) is 17.8. The largest absolute Gasteiger partial charge is 0.506 e. The van der Waals surface area contributed by atoms with Gasteiger partial charge in [0, 0.05) is 5.39 Å². The lowest BCUT2D eigenvalue weighted by molar-refractivity contribution is -0.119. The van der Waals surface area contributed by atoms with Crippen LogP contribution in [0.2, 0.25) is 0 Å².